The highest BCUT2D eigenvalue weighted by atomic mass is 16.6. The Morgan fingerprint density at radius 1 is 0.350 bits per heavy atom. The molecule has 0 radical (unpaired) electrons. The van der Waals surface area contributed by atoms with Gasteiger partial charge in [0.2, 0.25) is 0 Å². The van der Waals surface area contributed by atoms with Gasteiger partial charge in [-0.1, -0.05) is 250 Å². The van der Waals surface area contributed by atoms with E-state index in [4.69, 9.17) is 14.2 Å². The van der Waals surface area contributed by atoms with Crippen molar-refractivity contribution < 1.29 is 28.6 Å². The Bertz CT molecular complexity index is 1020. The van der Waals surface area contributed by atoms with Crippen LogP contribution in [0.25, 0.3) is 0 Å². The second-order valence-corrected chi connectivity index (χ2v) is 17.5. The van der Waals surface area contributed by atoms with Gasteiger partial charge in [-0.2, -0.15) is 0 Å². The molecular weight excluding hydrogens is 745 g/mol. The van der Waals surface area contributed by atoms with Crippen molar-refractivity contribution >= 4 is 17.9 Å². The van der Waals surface area contributed by atoms with Crippen LogP contribution in [-0.2, 0) is 28.6 Å². The van der Waals surface area contributed by atoms with Crippen LogP contribution >= 0.6 is 0 Å². The van der Waals surface area contributed by atoms with Gasteiger partial charge in [-0.15, -0.1) is 0 Å². The number of unbranched alkanes of at least 4 members (excludes halogenated alkanes) is 32. The Balaban J connectivity index is 4.35. The summed E-state index contributed by atoms with van der Waals surface area (Å²) in [5.41, 5.74) is 0. The predicted molar refractivity (Wildman–Crippen MR) is 256 cm³/mol. The van der Waals surface area contributed by atoms with Gasteiger partial charge in [0, 0.05) is 19.3 Å². The summed E-state index contributed by atoms with van der Waals surface area (Å²) in [6.07, 6.45) is 57.0. The second kappa shape index (κ2) is 49.3. The molecule has 0 aliphatic heterocycles. The molecule has 1 atom stereocenters. The van der Waals surface area contributed by atoms with Gasteiger partial charge >= 0.3 is 17.9 Å². The summed E-state index contributed by atoms with van der Waals surface area (Å²) in [5, 5.41) is 0. The zero-order valence-electron chi connectivity index (χ0n) is 40.0. The lowest BCUT2D eigenvalue weighted by molar-refractivity contribution is -0.167. The molecule has 1 unspecified atom stereocenters. The van der Waals surface area contributed by atoms with Gasteiger partial charge in [0.05, 0.1) is 0 Å². The Kier molecular flexibility index (Phi) is 47.3. The molecule has 0 spiro atoms. The van der Waals surface area contributed by atoms with Crippen LogP contribution in [0, 0.1) is 0 Å². The fraction of sp³-hybridized carbons (Fsp3) is 0.833. The third-order valence-electron chi connectivity index (χ3n) is 11.5. The largest absolute Gasteiger partial charge is 0.462 e. The highest BCUT2D eigenvalue weighted by Gasteiger charge is 2.19. The van der Waals surface area contributed by atoms with E-state index in [1.807, 2.05) is 0 Å². The molecular formula is C54H98O6. The Morgan fingerprint density at radius 2 is 0.650 bits per heavy atom. The van der Waals surface area contributed by atoms with Crippen LogP contribution in [-0.4, -0.2) is 37.2 Å². The van der Waals surface area contributed by atoms with Crippen molar-refractivity contribution in [3.63, 3.8) is 0 Å². The maximum atomic E-state index is 12.8. The predicted octanol–water partition coefficient (Wildman–Crippen LogP) is 16.9. The fourth-order valence-electron chi connectivity index (χ4n) is 7.56. The molecule has 0 heterocycles. The summed E-state index contributed by atoms with van der Waals surface area (Å²) in [7, 11) is 0. The molecule has 60 heavy (non-hydrogen) atoms. The molecule has 0 N–H and O–H groups in total. The summed E-state index contributed by atoms with van der Waals surface area (Å²) in [6, 6.07) is 0. The van der Waals surface area contributed by atoms with Gasteiger partial charge in [0.15, 0.2) is 6.10 Å². The normalized spacial score (nSPS) is 12.2. The van der Waals surface area contributed by atoms with Gasteiger partial charge in [0.25, 0.3) is 0 Å². The molecule has 6 nitrogen and oxygen atoms in total. The maximum Gasteiger partial charge on any atom is 0.306 e. The van der Waals surface area contributed by atoms with E-state index < -0.39 is 6.10 Å². The highest BCUT2D eigenvalue weighted by molar-refractivity contribution is 5.71. The molecule has 0 saturated carbocycles. The number of ether oxygens (including phenoxy) is 3. The summed E-state index contributed by atoms with van der Waals surface area (Å²) in [4.78, 5) is 37.9. The number of rotatable bonds is 47. The molecule has 0 aromatic heterocycles. The molecule has 0 aliphatic carbocycles. The van der Waals surface area contributed by atoms with Gasteiger partial charge in [-0.25, -0.2) is 0 Å². The van der Waals surface area contributed by atoms with E-state index in [9.17, 15) is 14.4 Å². The summed E-state index contributed by atoms with van der Waals surface area (Å²) < 4.78 is 16.8. The van der Waals surface area contributed by atoms with Gasteiger partial charge in [0.1, 0.15) is 13.2 Å². The molecule has 0 bridgehead atoms. The van der Waals surface area contributed by atoms with Gasteiger partial charge in [-0.3, -0.25) is 14.4 Å². The van der Waals surface area contributed by atoms with Crippen LogP contribution in [0.5, 0.6) is 0 Å². The Labute approximate surface area is 372 Å². The minimum atomic E-state index is -0.777. The number of carbonyl (C=O) groups is 3. The zero-order valence-corrected chi connectivity index (χ0v) is 40.0. The van der Waals surface area contributed by atoms with Crippen molar-refractivity contribution in [3.05, 3.63) is 36.5 Å². The van der Waals surface area contributed by atoms with Crippen LogP contribution in [0.3, 0.4) is 0 Å². The Hall–Kier alpha value is -2.37. The average Bonchev–Trinajstić information content (AvgIpc) is 3.24. The van der Waals surface area contributed by atoms with Crippen molar-refractivity contribution in [1.29, 1.82) is 0 Å². The van der Waals surface area contributed by atoms with Crippen molar-refractivity contribution in [1.82, 2.24) is 0 Å². The lowest BCUT2D eigenvalue weighted by Crippen LogP contribution is -2.30. The van der Waals surface area contributed by atoms with E-state index in [2.05, 4.69) is 57.2 Å². The first-order chi connectivity index (χ1) is 29.5. The molecule has 0 saturated heterocycles. The van der Waals surface area contributed by atoms with Gasteiger partial charge < -0.3 is 14.2 Å². The highest BCUT2D eigenvalue weighted by Crippen LogP contribution is 2.16. The van der Waals surface area contributed by atoms with E-state index in [-0.39, 0.29) is 31.1 Å². The summed E-state index contributed by atoms with van der Waals surface area (Å²) in [5.74, 6) is -0.884. The number of allylic oxidation sites excluding steroid dienone is 6. The minimum Gasteiger partial charge on any atom is -0.462 e. The van der Waals surface area contributed by atoms with Crippen LogP contribution < -0.4 is 0 Å². The number of esters is 3. The first-order valence-electron chi connectivity index (χ1n) is 26.0. The first kappa shape index (κ1) is 57.6. The molecule has 0 aliphatic rings. The molecule has 0 aromatic rings. The molecule has 0 amide bonds. The minimum absolute atomic E-state index is 0.0763. The number of hydrogen-bond donors (Lipinski definition) is 0. The number of hydrogen-bond acceptors (Lipinski definition) is 6. The first-order valence-corrected chi connectivity index (χ1v) is 26.0. The van der Waals surface area contributed by atoms with Crippen molar-refractivity contribution in [2.75, 3.05) is 13.2 Å². The van der Waals surface area contributed by atoms with Crippen molar-refractivity contribution in [2.45, 2.75) is 277 Å². The maximum absolute atomic E-state index is 12.8. The standard InChI is InChI=1S/C54H98O6/c1-4-7-10-13-16-19-22-25-26-27-30-32-35-38-41-44-47-53(56)59-50-51(60-54(57)48-45-42-39-36-33-29-24-21-18-15-12-9-6-3)49-58-52(55)46-43-40-37-34-31-28-23-20-17-14-11-8-5-2/h9,12,15,18,21,24,51H,4-8,10-11,13-14,16-17,19-20,22-23,25-50H2,1-3H3/b12-9-,18-15-,24-21-. The van der Waals surface area contributed by atoms with E-state index in [0.717, 1.165) is 83.5 Å². The smallest absolute Gasteiger partial charge is 0.306 e. The monoisotopic (exact) mass is 843 g/mol. The topological polar surface area (TPSA) is 78.9 Å². The SMILES string of the molecule is CC\C=C/C=C\C=C/CCCCCCCC(=O)OC(COC(=O)CCCCCCCCCCCCCCC)COC(=O)CCCCCCCCCCCCCCCCCC. The van der Waals surface area contributed by atoms with E-state index >= 15 is 0 Å². The lowest BCUT2D eigenvalue weighted by atomic mass is 10.0. The van der Waals surface area contributed by atoms with Crippen LogP contribution in [0.15, 0.2) is 36.5 Å². The van der Waals surface area contributed by atoms with Crippen LogP contribution in [0.2, 0.25) is 0 Å². The van der Waals surface area contributed by atoms with Gasteiger partial charge in [-0.05, 0) is 38.5 Å². The fourth-order valence-corrected chi connectivity index (χ4v) is 7.56. The van der Waals surface area contributed by atoms with Crippen molar-refractivity contribution in [2.24, 2.45) is 0 Å². The average molecular weight is 843 g/mol. The zero-order chi connectivity index (χ0) is 43.7. The quantitative estimate of drug-likeness (QED) is 0.0263. The van der Waals surface area contributed by atoms with E-state index in [1.54, 1.807) is 0 Å². The molecule has 0 fully saturated rings. The third-order valence-corrected chi connectivity index (χ3v) is 11.5. The lowest BCUT2D eigenvalue weighted by Gasteiger charge is -2.18. The summed E-state index contributed by atoms with van der Waals surface area (Å²) >= 11 is 0. The third kappa shape index (κ3) is 46.7. The van der Waals surface area contributed by atoms with E-state index in [0.29, 0.717) is 19.3 Å². The number of carbonyl (C=O) groups excluding carboxylic acids is 3. The second-order valence-electron chi connectivity index (χ2n) is 17.5. The molecule has 0 aromatic carbocycles. The molecule has 0 rings (SSSR count). The van der Waals surface area contributed by atoms with E-state index in [1.165, 1.54) is 148 Å². The summed E-state index contributed by atoms with van der Waals surface area (Å²) in [6.45, 7) is 6.51. The molecule has 350 valence electrons. The van der Waals surface area contributed by atoms with Crippen LogP contribution in [0.1, 0.15) is 271 Å². The Morgan fingerprint density at radius 3 is 1.00 bits per heavy atom. The van der Waals surface area contributed by atoms with Crippen LogP contribution in [0.4, 0.5) is 0 Å². The molecule has 6 heteroatoms. The van der Waals surface area contributed by atoms with Crippen molar-refractivity contribution in [3.8, 4) is 0 Å².